The molecule has 50 heavy (non-hydrogen) atoms. The number of fused-ring (bicyclic) bond motifs is 6. The number of hydrogen-bond donors (Lipinski definition) is 0. The zero-order chi connectivity index (χ0) is 33.0. The van der Waals surface area contributed by atoms with Crippen molar-refractivity contribution in [3.05, 3.63) is 169 Å². The molecule has 0 radical (unpaired) electrons. The molecule has 0 bridgehead atoms. The lowest BCUT2D eigenvalue weighted by atomic mass is 9.91. The fraction of sp³-hybridized carbons (Fsp3) is 0.0444. The Balaban J connectivity index is 1.14. The van der Waals surface area contributed by atoms with Crippen LogP contribution in [0.1, 0.15) is 23.1 Å². The van der Waals surface area contributed by atoms with Crippen LogP contribution in [0.3, 0.4) is 0 Å². The molecular formula is C45H29N3O2. The third-order valence-electron chi connectivity index (χ3n) is 9.72. The molecule has 0 spiro atoms. The molecule has 0 aliphatic heterocycles. The Morgan fingerprint density at radius 1 is 0.460 bits per heavy atom. The average Bonchev–Trinajstić information content (AvgIpc) is 3.77. The molecule has 0 amide bonds. The van der Waals surface area contributed by atoms with E-state index in [-0.39, 0.29) is 5.92 Å². The van der Waals surface area contributed by atoms with Crippen LogP contribution in [0, 0.1) is 0 Å². The van der Waals surface area contributed by atoms with E-state index in [1.807, 2.05) is 66.7 Å². The molecular weight excluding hydrogens is 615 g/mol. The molecule has 0 fully saturated rings. The van der Waals surface area contributed by atoms with Crippen molar-refractivity contribution >= 4 is 39.0 Å². The predicted molar refractivity (Wildman–Crippen MR) is 201 cm³/mol. The van der Waals surface area contributed by atoms with Gasteiger partial charge in [-0.3, -0.25) is 0 Å². The molecule has 9 aromatic rings. The van der Waals surface area contributed by atoms with Gasteiger partial charge in [-0.05, 0) is 52.9 Å². The summed E-state index contributed by atoms with van der Waals surface area (Å²) in [5.41, 5.74) is 10.1. The topological polar surface area (TPSA) is 65.0 Å². The number of hydrogen-bond acceptors (Lipinski definition) is 5. The first-order valence-corrected chi connectivity index (χ1v) is 16.9. The van der Waals surface area contributed by atoms with Crippen molar-refractivity contribution < 1.29 is 8.83 Å². The van der Waals surface area contributed by atoms with Gasteiger partial charge < -0.3 is 8.83 Å². The number of allylic oxidation sites excluding steroid dienone is 1. The van der Waals surface area contributed by atoms with Gasteiger partial charge in [0.25, 0.3) is 0 Å². The summed E-state index contributed by atoms with van der Waals surface area (Å²) in [5, 5.41) is 3.16. The SMILES string of the molecule is C1=CC(c2nc(-c3ccccc3)nc(-c3cccc4oc5cccc(-c6ccc(-c7ccccc7)cc6)c5c34)n2)Cc2c1oc1ccccc21. The minimum atomic E-state index is -0.0493. The molecule has 0 saturated carbocycles. The molecule has 5 nitrogen and oxygen atoms in total. The maximum atomic E-state index is 6.51. The van der Waals surface area contributed by atoms with E-state index in [2.05, 4.69) is 91.0 Å². The first-order chi connectivity index (χ1) is 24.8. The molecule has 1 atom stereocenters. The quantitative estimate of drug-likeness (QED) is 0.187. The fourth-order valence-corrected chi connectivity index (χ4v) is 7.29. The highest BCUT2D eigenvalue weighted by atomic mass is 16.3. The normalized spacial score (nSPS) is 14.0. The number of aromatic nitrogens is 3. The van der Waals surface area contributed by atoms with Crippen molar-refractivity contribution in [2.24, 2.45) is 0 Å². The zero-order valence-corrected chi connectivity index (χ0v) is 27.0. The maximum absolute atomic E-state index is 6.51. The van der Waals surface area contributed by atoms with Gasteiger partial charge >= 0.3 is 0 Å². The smallest absolute Gasteiger partial charge is 0.164 e. The second-order valence-corrected chi connectivity index (χ2v) is 12.7. The van der Waals surface area contributed by atoms with E-state index < -0.39 is 0 Å². The van der Waals surface area contributed by atoms with Crippen LogP contribution in [0.25, 0.3) is 84.0 Å². The monoisotopic (exact) mass is 643 g/mol. The van der Waals surface area contributed by atoms with E-state index in [1.54, 1.807) is 0 Å². The molecule has 1 unspecified atom stereocenters. The van der Waals surface area contributed by atoms with Crippen molar-refractivity contribution in [2.45, 2.75) is 12.3 Å². The number of rotatable bonds is 5. The minimum Gasteiger partial charge on any atom is -0.456 e. The van der Waals surface area contributed by atoms with Gasteiger partial charge in [-0.2, -0.15) is 0 Å². The molecule has 3 aromatic heterocycles. The standard InChI is InChI=1S/C45H29N3O2/c1-3-11-28(12-4-1)29-21-23-30(24-22-29)33-16-9-19-39-41(33)42-35(17-10-20-40(42)50-39)45-47-43(31-13-5-2-6-14-31)46-44(48-45)32-25-26-38-36(27-32)34-15-7-8-18-37(34)49-38/h1-26,32H,27H2. The third-order valence-corrected chi connectivity index (χ3v) is 9.72. The van der Waals surface area contributed by atoms with Gasteiger partial charge in [-0.25, -0.2) is 15.0 Å². The summed E-state index contributed by atoms with van der Waals surface area (Å²) in [5.74, 6) is 2.84. The minimum absolute atomic E-state index is 0.0493. The lowest BCUT2D eigenvalue weighted by Gasteiger charge is -2.17. The molecule has 3 heterocycles. The number of para-hydroxylation sites is 1. The molecule has 10 rings (SSSR count). The van der Waals surface area contributed by atoms with E-state index >= 15 is 0 Å². The van der Waals surface area contributed by atoms with Crippen LogP contribution >= 0.6 is 0 Å². The molecule has 1 aliphatic carbocycles. The summed E-state index contributed by atoms with van der Waals surface area (Å²) < 4.78 is 12.7. The molecule has 0 N–H and O–H groups in total. The van der Waals surface area contributed by atoms with E-state index in [0.717, 1.165) is 73.2 Å². The number of furan rings is 2. The summed E-state index contributed by atoms with van der Waals surface area (Å²) in [6.45, 7) is 0. The summed E-state index contributed by atoms with van der Waals surface area (Å²) in [4.78, 5) is 15.5. The van der Waals surface area contributed by atoms with Gasteiger partial charge in [0.15, 0.2) is 11.6 Å². The van der Waals surface area contributed by atoms with Crippen molar-refractivity contribution in [3.63, 3.8) is 0 Å². The number of nitrogens with zero attached hydrogens (tertiary/aromatic N) is 3. The van der Waals surface area contributed by atoms with Crippen LogP contribution < -0.4 is 0 Å². The maximum Gasteiger partial charge on any atom is 0.164 e. The Labute approximate surface area is 288 Å². The van der Waals surface area contributed by atoms with Crippen molar-refractivity contribution in [3.8, 4) is 45.0 Å². The van der Waals surface area contributed by atoms with Crippen LogP contribution in [0.15, 0.2) is 161 Å². The van der Waals surface area contributed by atoms with Gasteiger partial charge in [0.2, 0.25) is 0 Å². The Bertz CT molecular complexity index is 2720. The first-order valence-electron chi connectivity index (χ1n) is 16.9. The summed E-state index contributed by atoms with van der Waals surface area (Å²) in [7, 11) is 0. The largest absolute Gasteiger partial charge is 0.456 e. The fourth-order valence-electron chi connectivity index (χ4n) is 7.29. The van der Waals surface area contributed by atoms with Gasteiger partial charge in [-0.15, -0.1) is 0 Å². The highest BCUT2D eigenvalue weighted by molar-refractivity contribution is 6.17. The van der Waals surface area contributed by atoms with Crippen LogP contribution in [-0.2, 0) is 6.42 Å². The molecule has 1 aliphatic rings. The van der Waals surface area contributed by atoms with Crippen molar-refractivity contribution in [1.82, 2.24) is 15.0 Å². The van der Waals surface area contributed by atoms with Crippen molar-refractivity contribution in [1.29, 1.82) is 0 Å². The Kier molecular flexibility index (Phi) is 6.56. The van der Waals surface area contributed by atoms with Crippen LogP contribution in [-0.4, -0.2) is 15.0 Å². The van der Waals surface area contributed by atoms with Crippen LogP contribution in [0.4, 0.5) is 0 Å². The van der Waals surface area contributed by atoms with E-state index in [4.69, 9.17) is 23.8 Å². The van der Waals surface area contributed by atoms with Gasteiger partial charge in [0, 0.05) is 38.8 Å². The van der Waals surface area contributed by atoms with E-state index in [0.29, 0.717) is 11.6 Å². The highest BCUT2D eigenvalue weighted by Gasteiger charge is 2.26. The average molecular weight is 644 g/mol. The van der Waals surface area contributed by atoms with Gasteiger partial charge in [-0.1, -0.05) is 133 Å². The van der Waals surface area contributed by atoms with Crippen LogP contribution in [0.5, 0.6) is 0 Å². The highest BCUT2D eigenvalue weighted by Crippen LogP contribution is 2.42. The van der Waals surface area contributed by atoms with E-state index in [1.165, 1.54) is 16.7 Å². The Morgan fingerprint density at radius 2 is 1.06 bits per heavy atom. The predicted octanol–water partition coefficient (Wildman–Crippen LogP) is 11.5. The Morgan fingerprint density at radius 3 is 1.84 bits per heavy atom. The van der Waals surface area contributed by atoms with Gasteiger partial charge in [0.1, 0.15) is 28.3 Å². The van der Waals surface area contributed by atoms with E-state index in [9.17, 15) is 0 Å². The lowest BCUT2D eigenvalue weighted by Crippen LogP contribution is -2.11. The lowest BCUT2D eigenvalue weighted by molar-refractivity contribution is 0.589. The molecule has 0 saturated heterocycles. The molecule has 5 heteroatoms. The first kappa shape index (κ1) is 28.4. The second-order valence-electron chi connectivity index (χ2n) is 12.7. The molecule has 6 aromatic carbocycles. The van der Waals surface area contributed by atoms with Crippen molar-refractivity contribution in [2.75, 3.05) is 0 Å². The molecule has 236 valence electrons. The third kappa shape index (κ3) is 4.74. The summed E-state index contributed by atoms with van der Waals surface area (Å²) in [6, 6.07) is 50.0. The number of benzene rings is 6. The summed E-state index contributed by atoms with van der Waals surface area (Å²) >= 11 is 0. The second kappa shape index (κ2) is 11.5. The zero-order valence-electron chi connectivity index (χ0n) is 27.0. The van der Waals surface area contributed by atoms with Crippen LogP contribution in [0.2, 0.25) is 0 Å². The Hall–Kier alpha value is -6.59. The summed E-state index contributed by atoms with van der Waals surface area (Å²) in [6.07, 6.45) is 4.96. The van der Waals surface area contributed by atoms with Gasteiger partial charge in [0.05, 0.1) is 0 Å².